The third-order valence-corrected chi connectivity index (χ3v) is 3.24. The van der Waals surface area contributed by atoms with Gasteiger partial charge in [-0.05, 0) is 37.9 Å². The first-order valence-corrected chi connectivity index (χ1v) is 5.88. The van der Waals surface area contributed by atoms with Crippen LogP contribution in [0, 0.1) is 0 Å². The number of benzene rings is 1. The monoisotopic (exact) mass is 204 g/mol. The number of hydrogen-bond acceptors (Lipinski definition) is 2. The van der Waals surface area contributed by atoms with Crippen LogP contribution in [-0.2, 0) is 6.42 Å². The van der Waals surface area contributed by atoms with Gasteiger partial charge in [0.1, 0.15) is 0 Å². The van der Waals surface area contributed by atoms with E-state index in [9.17, 15) is 0 Å². The second kappa shape index (κ2) is 5.29. The largest absolute Gasteiger partial charge is 0.329 e. The van der Waals surface area contributed by atoms with Crippen LogP contribution in [0.3, 0.4) is 0 Å². The third-order valence-electron chi connectivity index (χ3n) is 3.24. The molecule has 2 heteroatoms. The maximum atomic E-state index is 5.86. The first-order valence-electron chi connectivity index (χ1n) is 5.88. The number of nitrogens with two attached hydrogens (primary N) is 1. The van der Waals surface area contributed by atoms with Crippen LogP contribution in [0.2, 0.25) is 0 Å². The molecule has 1 saturated heterocycles. The molecule has 0 saturated carbocycles. The molecule has 0 unspecified atom stereocenters. The van der Waals surface area contributed by atoms with E-state index in [0.29, 0.717) is 6.04 Å². The fourth-order valence-electron chi connectivity index (χ4n) is 2.35. The van der Waals surface area contributed by atoms with Crippen LogP contribution in [0.4, 0.5) is 0 Å². The Morgan fingerprint density at radius 3 is 2.40 bits per heavy atom. The van der Waals surface area contributed by atoms with Crippen LogP contribution < -0.4 is 5.73 Å². The molecule has 0 aromatic heterocycles. The SMILES string of the molecule is NC[C@@H](Cc1ccccc1)N1CCCC1. The van der Waals surface area contributed by atoms with Crippen LogP contribution in [0.1, 0.15) is 18.4 Å². The number of rotatable bonds is 4. The van der Waals surface area contributed by atoms with Crippen molar-refractivity contribution in [2.45, 2.75) is 25.3 Å². The summed E-state index contributed by atoms with van der Waals surface area (Å²) >= 11 is 0. The van der Waals surface area contributed by atoms with E-state index < -0.39 is 0 Å². The fourth-order valence-corrected chi connectivity index (χ4v) is 2.35. The van der Waals surface area contributed by atoms with E-state index in [4.69, 9.17) is 5.73 Å². The molecule has 0 radical (unpaired) electrons. The second-order valence-corrected chi connectivity index (χ2v) is 4.32. The van der Waals surface area contributed by atoms with Crippen molar-refractivity contribution in [3.8, 4) is 0 Å². The highest BCUT2D eigenvalue weighted by Gasteiger charge is 2.20. The van der Waals surface area contributed by atoms with Gasteiger partial charge < -0.3 is 5.73 Å². The Balaban J connectivity index is 1.96. The lowest BCUT2D eigenvalue weighted by Gasteiger charge is -2.26. The molecule has 0 amide bonds. The molecule has 0 bridgehead atoms. The summed E-state index contributed by atoms with van der Waals surface area (Å²) in [5, 5.41) is 0. The van der Waals surface area contributed by atoms with E-state index >= 15 is 0 Å². The van der Waals surface area contributed by atoms with Crippen LogP contribution in [0.5, 0.6) is 0 Å². The molecule has 2 N–H and O–H groups in total. The summed E-state index contributed by atoms with van der Waals surface area (Å²) in [6, 6.07) is 11.2. The lowest BCUT2D eigenvalue weighted by molar-refractivity contribution is 0.246. The van der Waals surface area contributed by atoms with Gasteiger partial charge in [0, 0.05) is 12.6 Å². The van der Waals surface area contributed by atoms with Gasteiger partial charge >= 0.3 is 0 Å². The van der Waals surface area contributed by atoms with Crippen molar-refractivity contribution in [1.29, 1.82) is 0 Å². The molecule has 1 heterocycles. The standard InChI is InChI=1S/C13H20N2/c14-11-13(15-8-4-5-9-15)10-12-6-2-1-3-7-12/h1-3,6-7,13H,4-5,8-11,14H2/t13-/m1/s1. The summed E-state index contributed by atoms with van der Waals surface area (Å²) in [4.78, 5) is 2.53. The zero-order valence-electron chi connectivity index (χ0n) is 9.23. The van der Waals surface area contributed by atoms with Gasteiger partial charge in [0.05, 0.1) is 0 Å². The molecule has 1 aliphatic heterocycles. The van der Waals surface area contributed by atoms with Gasteiger partial charge in [-0.3, -0.25) is 4.90 Å². The summed E-state index contributed by atoms with van der Waals surface area (Å²) in [6.45, 7) is 3.23. The Labute approximate surface area is 92.1 Å². The molecule has 1 aromatic rings. The van der Waals surface area contributed by atoms with Gasteiger partial charge in [-0.2, -0.15) is 0 Å². The Hall–Kier alpha value is -0.860. The molecule has 1 atom stereocenters. The Morgan fingerprint density at radius 1 is 1.13 bits per heavy atom. The maximum Gasteiger partial charge on any atom is 0.0258 e. The summed E-state index contributed by atoms with van der Waals surface area (Å²) in [6.07, 6.45) is 3.77. The van der Waals surface area contributed by atoms with Crippen molar-refractivity contribution < 1.29 is 0 Å². The lowest BCUT2D eigenvalue weighted by Crippen LogP contribution is -2.40. The van der Waals surface area contributed by atoms with Gasteiger partial charge in [-0.1, -0.05) is 30.3 Å². The lowest BCUT2D eigenvalue weighted by atomic mass is 10.1. The van der Waals surface area contributed by atoms with E-state index in [2.05, 4.69) is 35.2 Å². The van der Waals surface area contributed by atoms with Crippen LogP contribution in [0.15, 0.2) is 30.3 Å². The van der Waals surface area contributed by atoms with E-state index in [-0.39, 0.29) is 0 Å². The van der Waals surface area contributed by atoms with Crippen molar-refractivity contribution in [2.24, 2.45) is 5.73 Å². The highest BCUT2D eigenvalue weighted by Crippen LogP contribution is 2.14. The van der Waals surface area contributed by atoms with Gasteiger partial charge in [-0.25, -0.2) is 0 Å². The van der Waals surface area contributed by atoms with E-state index in [1.54, 1.807) is 0 Å². The molecule has 1 aliphatic rings. The minimum absolute atomic E-state index is 0.537. The predicted octanol–water partition coefficient (Wildman–Crippen LogP) is 1.65. The van der Waals surface area contributed by atoms with Gasteiger partial charge in [0.2, 0.25) is 0 Å². The first kappa shape index (κ1) is 10.7. The molecule has 15 heavy (non-hydrogen) atoms. The predicted molar refractivity (Wildman–Crippen MR) is 63.8 cm³/mol. The summed E-state index contributed by atoms with van der Waals surface area (Å²) < 4.78 is 0. The Bertz CT molecular complexity index is 278. The van der Waals surface area contributed by atoms with E-state index in [0.717, 1.165) is 13.0 Å². The van der Waals surface area contributed by atoms with Gasteiger partial charge in [-0.15, -0.1) is 0 Å². The average Bonchev–Trinajstić information content (AvgIpc) is 2.81. The highest BCUT2D eigenvalue weighted by atomic mass is 15.2. The number of hydrogen-bond donors (Lipinski definition) is 1. The fraction of sp³-hybridized carbons (Fsp3) is 0.538. The Morgan fingerprint density at radius 2 is 1.80 bits per heavy atom. The van der Waals surface area contributed by atoms with Gasteiger partial charge in [0.25, 0.3) is 0 Å². The molecule has 0 spiro atoms. The van der Waals surface area contributed by atoms with E-state index in [1.165, 1.54) is 31.5 Å². The zero-order valence-corrected chi connectivity index (χ0v) is 9.23. The van der Waals surface area contributed by atoms with Crippen LogP contribution in [0.25, 0.3) is 0 Å². The number of likely N-dealkylation sites (tertiary alicyclic amines) is 1. The van der Waals surface area contributed by atoms with Crippen molar-refractivity contribution in [3.63, 3.8) is 0 Å². The molecule has 82 valence electrons. The molecule has 1 aromatic carbocycles. The molecular weight excluding hydrogens is 184 g/mol. The zero-order chi connectivity index (χ0) is 10.5. The summed E-state index contributed by atoms with van der Waals surface area (Å²) in [5.74, 6) is 0. The Kier molecular flexibility index (Phi) is 3.75. The highest BCUT2D eigenvalue weighted by molar-refractivity contribution is 5.16. The van der Waals surface area contributed by atoms with Crippen LogP contribution >= 0.6 is 0 Å². The normalized spacial score (nSPS) is 19.3. The average molecular weight is 204 g/mol. The minimum Gasteiger partial charge on any atom is -0.329 e. The summed E-state index contributed by atoms with van der Waals surface area (Å²) in [7, 11) is 0. The molecule has 2 rings (SSSR count). The van der Waals surface area contributed by atoms with Crippen molar-refractivity contribution in [1.82, 2.24) is 4.90 Å². The van der Waals surface area contributed by atoms with E-state index in [1.807, 2.05) is 0 Å². The van der Waals surface area contributed by atoms with Crippen LogP contribution in [-0.4, -0.2) is 30.6 Å². The third kappa shape index (κ3) is 2.80. The summed E-state index contributed by atoms with van der Waals surface area (Å²) in [5.41, 5.74) is 7.26. The molecule has 0 aliphatic carbocycles. The quantitative estimate of drug-likeness (QED) is 0.808. The number of nitrogens with zero attached hydrogens (tertiary/aromatic N) is 1. The molecule has 1 fully saturated rings. The van der Waals surface area contributed by atoms with Crippen molar-refractivity contribution in [2.75, 3.05) is 19.6 Å². The topological polar surface area (TPSA) is 29.3 Å². The molecular formula is C13H20N2. The maximum absolute atomic E-state index is 5.86. The minimum atomic E-state index is 0.537. The van der Waals surface area contributed by atoms with Crippen molar-refractivity contribution in [3.05, 3.63) is 35.9 Å². The smallest absolute Gasteiger partial charge is 0.0258 e. The molecule has 2 nitrogen and oxygen atoms in total. The van der Waals surface area contributed by atoms with Crippen molar-refractivity contribution >= 4 is 0 Å². The first-order chi connectivity index (χ1) is 7.40. The second-order valence-electron chi connectivity index (χ2n) is 4.32. The van der Waals surface area contributed by atoms with Gasteiger partial charge in [0.15, 0.2) is 0 Å².